The fourth-order valence-electron chi connectivity index (χ4n) is 3.67. The smallest absolute Gasteiger partial charge is 0.253 e. The fourth-order valence-corrected chi connectivity index (χ4v) is 3.67. The van der Waals surface area contributed by atoms with Crippen molar-refractivity contribution in [2.75, 3.05) is 39.9 Å². The largest absolute Gasteiger partial charge is 0.383 e. The highest BCUT2D eigenvalue weighted by Gasteiger charge is 2.35. The maximum absolute atomic E-state index is 12.5. The summed E-state index contributed by atoms with van der Waals surface area (Å²) in [5.41, 5.74) is 0.695. The van der Waals surface area contributed by atoms with Gasteiger partial charge in [0.15, 0.2) is 0 Å². The monoisotopic (exact) mass is 373 g/mol. The van der Waals surface area contributed by atoms with Crippen molar-refractivity contribution >= 4 is 17.7 Å². The van der Waals surface area contributed by atoms with Gasteiger partial charge in [0.1, 0.15) is 0 Å². The van der Waals surface area contributed by atoms with Gasteiger partial charge in [-0.1, -0.05) is 18.2 Å². The Morgan fingerprint density at radius 1 is 1.19 bits per heavy atom. The highest BCUT2D eigenvalue weighted by molar-refractivity contribution is 5.94. The van der Waals surface area contributed by atoms with E-state index in [0.717, 1.165) is 12.8 Å². The normalized spacial score (nSPS) is 20.8. The number of methoxy groups -OCH3 is 1. The predicted molar refractivity (Wildman–Crippen MR) is 100 cm³/mol. The van der Waals surface area contributed by atoms with E-state index in [-0.39, 0.29) is 36.1 Å². The summed E-state index contributed by atoms with van der Waals surface area (Å²) in [5.74, 6) is -0.305. The van der Waals surface area contributed by atoms with Crippen molar-refractivity contribution in [3.05, 3.63) is 35.9 Å². The molecule has 1 aromatic rings. The molecule has 146 valence electrons. The quantitative estimate of drug-likeness (QED) is 0.804. The second-order valence-electron chi connectivity index (χ2n) is 7.17. The van der Waals surface area contributed by atoms with Gasteiger partial charge in [-0.25, -0.2) is 0 Å². The van der Waals surface area contributed by atoms with Crippen LogP contribution in [-0.4, -0.2) is 73.5 Å². The number of carbonyl (C=O) groups excluding carboxylic acids is 3. The molecule has 2 saturated heterocycles. The summed E-state index contributed by atoms with van der Waals surface area (Å²) in [6, 6.07) is 9.31. The number of benzene rings is 1. The highest BCUT2D eigenvalue weighted by Crippen LogP contribution is 2.19. The lowest BCUT2D eigenvalue weighted by molar-refractivity contribution is -0.129. The Labute approximate surface area is 159 Å². The van der Waals surface area contributed by atoms with Crippen LogP contribution < -0.4 is 5.32 Å². The fraction of sp³-hybridized carbons (Fsp3) is 0.550. The molecule has 2 aliphatic rings. The van der Waals surface area contributed by atoms with Gasteiger partial charge in [0.2, 0.25) is 11.8 Å². The van der Waals surface area contributed by atoms with Crippen molar-refractivity contribution in [2.24, 2.45) is 5.92 Å². The number of nitrogens with one attached hydrogen (secondary N) is 1. The van der Waals surface area contributed by atoms with Gasteiger partial charge in [0.05, 0.1) is 12.5 Å². The Balaban J connectivity index is 1.45. The van der Waals surface area contributed by atoms with E-state index in [1.54, 1.807) is 12.0 Å². The Hall–Kier alpha value is -2.41. The van der Waals surface area contributed by atoms with Crippen molar-refractivity contribution in [3.8, 4) is 0 Å². The van der Waals surface area contributed by atoms with Crippen molar-refractivity contribution in [1.82, 2.24) is 15.1 Å². The van der Waals surface area contributed by atoms with Crippen LogP contribution in [0.25, 0.3) is 0 Å². The summed E-state index contributed by atoms with van der Waals surface area (Å²) in [6.07, 6.45) is 1.73. The zero-order valence-corrected chi connectivity index (χ0v) is 15.7. The topological polar surface area (TPSA) is 79.0 Å². The number of hydrogen-bond acceptors (Lipinski definition) is 4. The molecule has 0 aromatic heterocycles. The maximum Gasteiger partial charge on any atom is 0.253 e. The van der Waals surface area contributed by atoms with Crippen LogP contribution in [0.4, 0.5) is 0 Å². The van der Waals surface area contributed by atoms with Gasteiger partial charge in [0.25, 0.3) is 5.91 Å². The summed E-state index contributed by atoms with van der Waals surface area (Å²) in [5, 5.41) is 3.07. The van der Waals surface area contributed by atoms with Gasteiger partial charge in [0, 0.05) is 51.3 Å². The van der Waals surface area contributed by atoms with E-state index in [4.69, 9.17) is 4.74 Å². The molecular weight excluding hydrogens is 346 g/mol. The molecule has 2 heterocycles. The summed E-state index contributed by atoms with van der Waals surface area (Å²) in [7, 11) is 1.60. The number of hydrogen-bond donors (Lipinski definition) is 1. The molecule has 2 fully saturated rings. The van der Waals surface area contributed by atoms with E-state index in [2.05, 4.69) is 5.32 Å². The highest BCUT2D eigenvalue weighted by atomic mass is 16.5. The van der Waals surface area contributed by atoms with Crippen LogP contribution in [0.3, 0.4) is 0 Å². The van der Waals surface area contributed by atoms with Gasteiger partial charge in [-0.05, 0) is 25.0 Å². The van der Waals surface area contributed by atoms with Crippen LogP contribution in [-0.2, 0) is 14.3 Å². The van der Waals surface area contributed by atoms with E-state index in [1.165, 1.54) is 0 Å². The number of rotatable bonds is 6. The average molecular weight is 373 g/mol. The lowest BCUT2D eigenvalue weighted by Crippen LogP contribution is -2.48. The van der Waals surface area contributed by atoms with Gasteiger partial charge in [-0.2, -0.15) is 0 Å². The number of ether oxygens (including phenoxy) is 1. The Morgan fingerprint density at radius 2 is 1.89 bits per heavy atom. The molecule has 1 N–H and O–H groups in total. The number of likely N-dealkylation sites (tertiary alicyclic amines) is 2. The number of carbonyl (C=O) groups is 3. The summed E-state index contributed by atoms with van der Waals surface area (Å²) in [4.78, 5) is 40.5. The summed E-state index contributed by atoms with van der Waals surface area (Å²) >= 11 is 0. The minimum atomic E-state index is -0.293. The third-order valence-corrected chi connectivity index (χ3v) is 5.30. The van der Waals surface area contributed by atoms with E-state index < -0.39 is 0 Å². The van der Waals surface area contributed by atoms with Gasteiger partial charge >= 0.3 is 0 Å². The first kappa shape index (κ1) is 19.4. The van der Waals surface area contributed by atoms with E-state index in [0.29, 0.717) is 38.3 Å². The Morgan fingerprint density at radius 3 is 2.56 bits per heavy atom. The summed E-state index contributed by atoms with van der Waals surface area (Å²) < 4.78 is 5.00. The van der Waals surface area contributed by atoms with Crippen molar-refractivity contribution < 1.29 is 19.1 Å². The SMILES string of the molecule is COCCN1C[C@H](C(=O)NC2CCN(C(=O)c3ccccc3)CC2)CC1=O. The molecular formula is C20H27N3O4. The van der Waals surface area contributed by atoms with Gasteiger partial charge < -0.3 is 19.9 Å². The second kappa shape index (κ2) is 8.99. The number of amides is 3. The van der Waals surface area contributed by atoms with E-state index in [1.807, 2.05) is 35.2 Å². The third kappa shape index (κ3) is 4.86. The minimum Gasteiger partial charge on any atom is -0.383 e. The zero-order chi connectivity index (χ0) is 19.2. The molecule has 1 atom stereocenters. The molecule has 3 rings (SSSR count). The average Bonchev–Trinajstić information content (AvgIpc) is 3.08. The Kier molecular flexibility index (Phi) is 6.45. The first-order valence-electron chi connectivity index (χ1n) is 9.50. The molecule has 2 aliphatic heterocycles. The van der Waals surface area contributed by atoms with E-state index >= 15 is 0 Å². The lowest BCUT2D eigenvalue weighted by atomic mass is 10.0. The zero-order valence-electron chi connectivity index (χ0n) is 15.7. The first-order valence-corrected chi connectivity index (χ1v) is 9.50. The molecule has 0 saturated carbocycles. The van der Waals surface area contributed by atoms with Crippen molar-refractivity contribution in [3.63, 3.8) is 0 Å². The first-order chi connectivity index (χ1) is 13.1. The van der Waals surface area contributed by atoms with E-state index in [9.17, 15) is 14.4 Å². The molecule has 27 heavy (non-hydrogen) atoms. The maximum atomic E-state index is 12.5. The molecule has 0 aliphatic carbocycles. The third-order valence-electron chi connectivity index (χ3n) is 5.30. The van der Waals surface area contributed by atoms with Crippen LogP contribution in [0.2, 0.25) is 0 Å². The molecule has 0 radical (unpaired) electrons. The minimum absolute atomic E-state index is 0.00970. The Bertz CT molecular complexity index is 671. The van der Waals surface area contributed by atoms with Gasteiger partial charge in [-0.3, -0.25) is 14.4 Å². The van der Waals surface area contributed by atoms with Crippen LogP contribution in [0.1, 0.15) is 29.6 Å². The van der Waals surface area contributed by atoms with Crippen LogP contribution >= 0.6 is 0 Å². The predicted octanol–water partition coefficient (Wildman–Crippen LogP) is 0.902. The molecule has 0 spiro atoms. The van der Waals surface area contributed by atoms with Gasteiger partial charge in [-0.15, -0.1) is 0 Å². The number of piperidine rings is 1. The van der Waals surface area contributed by atoms with Crippen molar-refractivity contribution in [1.29, 1.82) is 0 Å². The van der Waals surface area contributed by atoms with Crippen LogP contribution in [0, 0.1) is 5.92 Å². The van der Waals surface area contributed by atoms with Crippen molar-refractivity contribution in [2.45, 2.75) is 25.3 Å². The lowest BCUT2D eigenvalue weighted by Gasteiger charge is -2.33. The molecule has 7 nitrogen and oxygen atoms in total. The molecule has 0 unspecified atom stereocenters. The molecule has 7 heteroatoms. The molecule has 0 bridgehead atoms. The van der Waals surface area contributed by atoms with Crippen LogP contribution in [0.5, 0.6) is 0 Å². The summed E-state index contributed by atoms with van der Waals surface area (Å²) in [6.45, 7) is 2.72. The molecule has 3 amide bonds. The number of nitrogens with zero attached hydrogens (tertiary/aromatic N) is 2. The standard InChI is InChI=1S/C20H27N3O4/c1-27-12-11-23-14-16(13-18(23)24)19(25)21-17-7-9-22(10-8-17)20(26)15-5-3-2-4-6-15/h2-6,16-17H,7-14H2,1H3,(H,21,25)/t16-/m1/s1. The molecule has 1 aromatic carbocycles. The second-order valence-corrected chi connectivity index (χ2v) is 7.17. The van der Waals surface area contributed by atoms with Crippen LogP contribution in [0.15, 0.2) is 30.3 Å².